The molecule has 2 aromatic carbocycles. The number of benzene rings is 2. The van der Waals surface area contributed by atoms with Gasteiger partial charge in [0.05, 0.1) is 10.6 Å². The molecule has 1 N–H and O–H groups in total. The van der Waals surface area contributed by atoms with Crippen LogP contribution >= 0.6 is 0 Å². The standard InChI is InChI=1S/C18H19N3O2S/c1-14-4-5-15(2)18(12-14)24(22,23)20-13-16-6-8-17(9-7-16)21-11-3-10-19-21/h3-12,20H,13H2,1-2H3. The zero-order valence-corrected chi connectivity index (χ0v) is 14.4. The summed E-state index contributed by atoms with van der Waals surface area (Å²) >= 11 is 0. The maximum atomic E-state index is 12.5. The Kier molecular flexibility index (Phi) is 4.51. The number of rotatable bonds is 5. The summed E-state index contributed by atoms with van der Waals surface area (Å²) in [5.74, 6) is 0. The molecule has 0 atom stereocenters. The molecule has 24 heavy (non-hydrogen) atoms. The fraction of sp³-hybridized carbons (Fsp3) is 0.167. The van der Waals surface area contributed by atoms with Gasteiger partial charge in [-0.3, -0.25) is 0 Å². The van der Waals surface area contributed by atoms with Crippen molar-refractivity contribution < 1.29 is 8.42 Å². The maximum Gasteiger partial charge on any atom is 0.241 e. The Morgan fingerprint density at radius 2 is 1.83 bits per heavy atom. The molecule has 0 aliphatic rings. The van der Waals surface area contributed by atoms with Gasteiger partial charge in [0.2, 0.25) is 10.0 Å². The van der Waals surface area contributed by atoms with E-state index in [-0.39, 0.29) is 6.54 Å². The van der Waals surface area contributed by atoms with E-state index in [2.05, 4.69) is 9.82 Å². The van der Waals surface area contributed by atoms with Crippen molar-refractivity contribution in [3.8, 4) is 5.69 Å². The van der Waals surface area contributed by atoms with E-state index >= 15 is 0 Å². The van der Waals surface area contributed by atoms with Crippen molar-refractivity contribution in [2.45, 2.75) is 25.3 Å². The Hall–Kier alpha value is -2.44. The van der Waals surface area contributed by atoms with Crippen LogP contribution in [0.25, 0.3) is 5.69 Å². The van der Waals surface area contributed by atoms with Gasteiger partial charge >= 0.3 is 0 Å². The second-order valence-electron chi connectivity index (χ2n) is 5.71. The van der Waals surface area contributed by atoms with Crippen molar-refractivity contribution in [1.82, 2.24) is 14.5 Å². The van der Waals surface area contributed by atoms with Crippen LogP contribution in [-0.4, -0.2) is 18.2 Å². The first-order valence-electron chi connectivity index (χ1n) is 7.61. The second kappa shape index (κ2) is 6.59. The van der Waals surface area contributed by atoms with Gasteiger partial charge in [0.25, 0.3) is 0 Å². The molecule has 1 aromatic heterocycles. The molecule has 0 saturated heterocycles. The van der Waals surface area contributed by atoms with Gasteiger partial charge in [-0.15, -0.1) is 0 Å². The highest BCUT2D eigenvalue weighted by Gasteiger charge is 2.16. The normalized spacial score (nSPS) is 11.6. The zero-order valence-electron chi connectivity index (χ0n) is 13.6. The Bertz CT molecular complexity index is 931. The molecule has 6 heteroatoms. The lowest BCUT2D eigenvalue weighted by Crippen LogP contribution is -2.24. The molecule has 0 unspecified atom stereocenters. The smallest absolute Gasteiger partial charge is 0.241 e. The molecule has 5 nitrogen and oxygen atoms in total. The van der Waals surface area contributed by atoms with Crippen molar-refractivity contribution in [2.24, 2.45) is 0 Å². The van der Waals surface area contributed by atoms with E-state index < -0.39 is 10.0 Å². The summed E-state index contributed by atoms with van der Waals surface area (Å²) in [7, 11) is -3.53. The summed E-state index contributed by atoms with van der Waals surface area (Å²) in [6.07, 6.45) is 3.57. The van der Waals surface area contributed by atoms with Crippen LogP contribution in [0.15, 0.2) is 65.8 Å². The van der Waals surface area contributed by atoms with Crippen LogP contribution in [0.4, 0.5) is 0 Å². The summed E-state index contributed by atoms with van der Waals surface area (Å²) in [6.45, 7) is 3.93. The molecule has 0 spiro atoms. The maximum absolute atomic E-state index is 12.5. The topological polar surface area (TPSA) is 64.0 Å². The van der Waals surface area contributed by atoms with Crippen LogP contribution in [-0.2, 0) is 16.6 Å². The van der Waals surface area contributed by atoms with E-state index in [9.17, 15) is 8.42 Å². The first kappa shape index (κ1) is 16.4. The van der Waals surface area contributed by atoms with E-state index in [0.29, 0.717) is 4.90 Å². The Labute approximate surface area is 142 Å². The van der Waals surface area contributed by atoms with Crippen LogP contribution < -0.4 is 4.72 Å². The minimum atomic E-state index is -3.53. The first-order valence-corrected chi connectivity index (χ1v) is 9.10. The first-order chi connectivity index (χ1) is 11.5. The minimum Gasteiger partial charge on any atom is -0.241 e. The van der Waals surface area contributed by atoms with Crippen molar-refractivity contribution in [3.05, 3.63) is 77.6 Å². The molecule has 0 bridgehead atoms. The van der Waals surface area contributed by atoms with Crippen LogP contribution in [0.5, 0.6) is 0 Å². The highest BCUT2D eigenvalue weighted by Crippen LogP contribution is 2.17. The summed E-state index contributed by atoms with van der Waals surface area (Å²) < 4.78 is 29.4. The number of sulfonamides is 1. The number of aryl methyl sites for hydroxylation is 2. The summed E-state index contributed by atoms with van der Waals surface area (Å²) in [5, 5.41) is 4.16. The van der Waals surface area contributed by atoms with Gasteiger partial charge in [-0.2, -0.15) is 5.10 Å². The molecule has 0 saturated carbocycles. The highest BCUT2D eigenvalue weighted by atomic mass is 32.2. The van der Waals surface area contributed by atoms with Gasteiger partial charge in [-0.1, -0.05) is 24.3 Å². The van der Waals surface area contributed by atoms with Gasteiger partial charge < -0.3 is 0 Å². The Balaban J connectivity index is 1.74. The summed E-state index contributed by atoms with van der Waals surface area (Å²) in [6, 6.07) is 14.9. The number of nitrogens with one attached hydrogen (secondary N) is 1. The van der Waals surface area contributed by atoms with Gasteiger partial charge in [0, 0.05) is 18.9 Å². The molecule has 0 fully saturated rings. The average molecular weight is 341 g/mol. The highest BCUT2D eigenvalue weighted by molar-refractivity contribution is 7.89. The van der Waals surface area contributed by atoms with E-state index in [1.54, 1.807) is 23.9 Å². The van der Waals surface area contributed by atoms with Crippen LogP contribution in [0, 0.1) is 13.8 Å². The molecule has 0 amide bonds. The van der Waals surface area contributed by atoms with Crippen molar-refractivity contribution >= 4 is 10.0 Å². The van der Waals surface area contributed by atoms with Crippen LogP contribution in [0.1, 0.15) is 16.7 Å². The van der Waals surface area contributed by atoms with E-state index in [4.69, 9.17) is 0 Å². The van der Waals surface area contributed by atoms with Gasteiger partial charge in [0.1, 0.15) is 0 Å². The van der Waals surface area contributed by atoms with E-state index in [0.717, 1.165) is 22.4 Å². The van der Waals surface area contributed by atoms with Crippen molar-refractivity contribution in [2.75, 3.05) is 0 Å². The fourth-order valence-corrected chi connectivity index (χ4v) is 3.79. The monoisotopic (exact) mass is 341 g/mol. The van der Waals surface area contributed by atoms with Crippen LogP contribution in [0.3, 0.4) is 0 Å². The lowest BCUT2D eigenvalue weighted by Gasteiger charge is -2.10. The molecule has 1 heterocycles. The number of aromatic nitrogens is 2. The Morgan fingerprint density at radius 3 is 2.50 bits per heavy atom. The number of hydrogen-bond donors (Lipinski definition) is 1. The molecule has 0 aliphatic heterocycles. The predicted octanol–water partition coefficient (Wildman–Crippen LogP) is 2.97. The average Bonchev–Trinajstić information content (AvgIpc) is 3.10. The lowest BCUT2D eigenvalue weighted by atomic mass is 10.2. The zero-order chi connectivity index (χ0) is 17.2. The summed E-state index contributed by atoms with van der Waals surface area (Å²) in [5.41, 5.74) is 3.48. The molecular formula is C18H19N3O2S. The SMILES string of the molecule is Cc1ccc(C)c(S(=O)(=O)NCc2ccc(-n3cccn3)cc2)c1. The third-order valence-electron chi connectivity index (χ3n) is 3.80. The third-order valence-corrected chi connectivity index (χ3v) is 5.35. The van der Waals surface area contributed by atoms with Gasteiger partial charge in [0.15, 0.2) is 0 Å². The fourth-order valence-electron chi connectivity index (χ4n) is 2.44. The largest absolute Gasteiger partial charge is 0.241 e. The Morgan fingerprint density at radius 1 is 1.08 bits per heavy atom. The third kappa shape index (κ3) is 3.55. The molecule has 0 aliphatic carbocycles. The second-order valence-corrected chi connectivity index (χ2v) is 7.45. The summed E-state index contributed by atoms with van der Waals surface area (Å²) in [4.78, 5) is 0.329. The van der Waals surface area contributed by atoms with Gasteiger partial charge in [-0.05, 0) is 54.8 Å². The van der Waals surface area contributed by atoms with Gasteiger partial charge in [-0.25, -0.2) is 17.8 Å². The predicted molar refractivity (Wildman–Crippen MR) is 93.5 cm³/mol. The minimum absolute atomic E-state index is 0.245. The quantitative estimate of drug-likeness (QED) is 0.776. The van der Waals surface area contributed by atoms with Crippen LogP contribution in [0.2, 0.25) is 0 Å². The van der Waals surface area contributed by atoms with E-state index in [1.165, 1.54) is 0 Å². The molecule has 0 radical (unpaired) electrons. The molecular weight excluding hydrogens is 322 g/mol. The van der Waals surface area contributed by atoms with Crippen molar-refractivity contribution in [3.63, 3.8) is 0 Å². The number of nitrogens with zero attached hydrogens (tertiary/aromatic N) is 2. The van der Waals surface area contributed by atoms with E-state index in [1.807, 2.05) is 55.6 Å². The van der Waals surface area contributed by atoms with Crippen molar-refractivity contribution in [1.29, 1.82) is 0 Å². The number of hydrogen-bond acceptors (Lipinski definition) is 3. The molecule has 3 rings (SSSR count). The molecule has 124 valence electrons. The molecule has 3 aromatic rings. The lowest BCUT2D eigenvalue weighted by molar-refractivity contribution is 0.580.